The molecule has 1 N–H and O–H groups in total. The Morgan fingerprint density at radius 1 is 1.14 bits per heavy atom. The fourth-order valence-electron chi connectivity index (χ4n) is 9.21. The highest BCUT2D eigenvalue weighted by atomic mass is 16.5. The number of fused-ring (bicyclic) bond motifs is 1. The van der Waals surface area contributed by atoms with Crippen LogP contribution < -0.4 is 5.32 Å². The van der Waals surface area contributed by atoms with Crippen LogP contribution in [0.15, 0.2) is 23.3 Å². The van der Waals surface area contributed by atoms with Crippen molar-refractivity contribution in [3.05, 3.63) is 23.3 Å². The maximum absolute atomic E-state index is 13.0. The molecule has 0 heterocycles. The molecule has 6 heteroatoms. The molecule has 0 aromatic rings. The van der Waals surface area contributed by atoms with Crippen molar-refractivity contribution in [1.29, 1.82) is 5.26 Å². The largest absolute Gasteiger partial charge is 0.450 e. The number of hydrogen-bond donors (Lipinski definition) is 1. The van der Waals surface area contributed by atoms with Gasteiger partial charge in [-0.3, -0.25) is 9.59 Å². The summed E-state index contributed by atoms with van der Waals surface area (Å²) in [6.45, 7) is 22.8. The minimum absolute atomic E-state index is 0.0158. The van der Waals surface area contributed by atoms with Gasteiger partial charge in [-0.15, -0.1) is 0 Å². The monoisotopic (exact) mass is 594 g/mol. The summed E-state index contributed by atoms with van der Waals surface area (Å²) in [6, 6.07) is 2.17. The SMILES string of the molecule is CCNC(=O)OCCC[C@]1(CCC(C)(C)[C@]2(C)CC[C@H]3[C@H](C)C(=O)C(C#N)=C[C@]3(C)/C2=C/C(C)=O)CCC(C)(C)CC1C. The lowest BCUT2D eigenvalue weighted by molar-refractivity contribution is -0.123. The van der Waals surface area contributed by atoms with Crippen LogP contribution in [0, 0.1) is 56.2 Å². The van der Waals surface area contributed by atoms with Crippen LogP contribution in [0.4, 0.5) is 4.79 Å². The topological polar surface area (TPSA) is 96.3 Å². The van der Waals surface area contributed by atoms with E-state index in [9.17, 15) is 19.6 Å². The Morgan fingerprint density at radius 3 is 2.40 bits per heavy atom. The standard InChI is InChI=1S/C37H58N2O4/c1-11-39-32(42)43-20-12-14-37(18-16-33(5,6)22-25(37)2)19-17-34(7,8)36(10)15-13-29-27(4)31(41)28(24-38)23-35(29,9)30(36)21-26(3)40/h21,23,25,27,29H,11-20,22H2,1-10H3,(H,39,42)/b30-21-/t25?,27-,29-,35-,36+,37+/m0/s1. The lowest BCUT2D eigenvalue weighted by Gasteiger charge is -2.60. The first-order valence-corrected chi connectivity index (χ1v) is 16.7. The molecule has 0 saturated heterocycles. The van der Waals surface area contributed by atoms with Crippen LogP contribution in [-0.4, -0.2) is 30.8 Å². The van der Waals surface area contributed by atoms with Gasteiger partial charge in [0.05, 0.1) is 12.2 Å². The summed E-state index contributed by atoms with van der Waals surface area (Å²) in [6.07, 6.45) is 12.7. The first-order valence-electron chi connectivity index (χ1n) is 16.7. The van der Waals surface area contributed by atoms with Crippen molar-refractivity contribution in [2.24, 2.45) is 44.8 Å². The Morgan fingerprint density at radius 2 is 1.81 bits per heavy atom. The van der Waals surface area contributed by atoms with Crippen LogP contribution in [0.1, 0.15) is 127 Å². The van der Waals surface area contributed by atoms with E-state index in [1.165, 1.54) is 19.3 Å². The summed E-state index contributed by atoms with van der Waals surface area (Å²) in [5.41, 5.74) is 0.875. The Balaban J connectivity index is 1.94. The number of amides is 1. The number of alkyl carbamates (subject to hydrolysis) is 1. The van der Waals surface area contributed by atoms with Crippen molar-refractivity contribution in [1.82, 2.24) is 5.32 Å². The van der Waals surface area contributed by atoms with Crippen molar-refractivity contribution in [2.45, 2.75) is 127 Å². The van der Waals surface area contributed by atoms with E-state index in [2.05, 4.69) is 59.9 Å². The van der Waals surface area contributed by atoms with Gasteiger partial charge in [-0.25, -0.2) is 4.79 Å². The maximum Gasteiger partial charge on any atom is 0.407 e. The Bertz CT molecular complexity index is 1190. The van der Waals surface area contributed by atoms with Gasteiger partial charge in [0.1, 0.15) is 6.07 Å². The summed E-state index contributed by atoms with van der Waals surface area (Å²) in [7, 11) is 0. The maximum atomic E-state index is 13.0. The molecule has 6 nitrogen and oxygen atoms in total. The normalized spacial score (nSPS) is 35.0. The summed E-state index contributed by atoms with van der Waals surface area (Å²) < 4.78 is 5.46. The number of carbonyl (C=O) groups is 3. The number of nitrogens with zero attached hydrogens (tertiary/aromatic N) is 1. The third-order valence-corrected chi connectivity index (χ3v) is 12.4. The molecule has 3 aliphatic carbocycles. The lowest BCUT2D eigenvalue weighted by atomic mass is 9.44. The number of allylic oxidation sites excluding steroid dienone is 4. The molecule has 2 fully saturated rings. The van der Waals surface area contributed by atoms with Crippen molar-refractivity contribution >= 4 is 17.7 Å². The van der Waals surface area contributed by atoms with Gasteiger partial charge in [0.25, 0.3) is 0 Å². The molecule has 0 aromatic heterocycles. The fraction of sp³-hybridized carbons (Fsp3) is 0.784. The summed E-state index contributed by atoms with van der Waals surface area (Å²) in [4.78, 5) is 37.7. The zero-order chi connectivity index (χ0) is 32.4. The van der Waals surface area contributed by atoms with Crippen LogP contribution in [0.25, 0.3) is 0 Å². The van der Waals surface area contributed by atoms with E-state index in [4.69, 9.17) is 4.74 Å². The van der Waals surface area contributed by atoms with Gasteiger partial charge >= 0.3 is 6.09 Å². The molecule has 0 aromatic carbocycles. The van der Waals surface area contributed by atoms with E-state index in [-0.39, 0.29) is 51.3 Å². The number of rotatable bonds is 10. The number of nitrogens with one attached hydrogen (secondary N) is 1. The van der Waals surface area contributed by atoms with E-state index < -0.39 is 5.41 Å². The number of ketones is 2. The molecule has 1 amide bonds. The Labute approximate surface area is 261 Å². The molecule has 0 aliphatic heterocycles. The average molecular weight is 595 g/mol. The van der Waals surface area contributed by atoms with Gasteiger partial charge in [0, 0.05) is 17.9 Å². The third-order valence-electron chi connectivity index (χ3n) is 12.4. The van der Waals surface area contributed by atoms with Gasteiger partial charge in [-0.2, -0.15) is 5.26 Å². The smallest absolute Gasteiger partial charge is 0.407 e. The molecule has 3 aliphatic rings. The highest BCUT2D eigenvalue weighted by molar-refractivity contribution is 6.02. The Kier molecular flexibility index (Phi) is 10.5. The van der Waals surface area contributed by atoms with E-state index in [0.717, 1.165) is 44.1 Å². The van der Waals surface area contributed by atoms with Gasteiger partial charge in [-0.05, 0) is 111 Å². The van der Waals surface area contributed by atoms with Crippen molar-refractivity contribution in [2.75, 3.05) is 13.2 Å². The highest BCUT2D eigenvalue weighted by Crippen LogP contribution is 2.66. The van der Waals surface area contributed by atoms with E-state index in [1.807, 2.05) is 26.0 Å². The second-order valence-electron chi connectivity index (χ2n) is 16.0. The average Bonchev–Trinajstić information content (AvgIpc) is 2.91. The van der Waals surface area contributed by atoms with Crippen LogP contribution in [0.3, 0.4) is 0 Å². The second kappa shape index (κ2) is 12.9. The molecule has 0 radical (unpaired) electrons. The Hall–Kier alpha value is -2.42. The molecular weight excluding hydrogens is 536 g/mol. The zero-order valence-electron chi connectivity index (χ0n) is 28.7. The minimum Gasteiger partial charge on any atom is -0.450 e. The van der Waals surface area contributed by atoms with E-state index in [1.54, 1.807) is 6.92 Å². The highest BCUT2D eigenvalue weighted by Gasteiger charge is 2.58. The predicted molar refractivity (Wildman–Crippen MR) is 172 cm³/mol. The zero-order valence-corrected chi connectivity index (χ0v) is 28.7. The van der Waals surface area contributed by atoms with Crippen molar-refractivity contribution in [3.63, 3.8) is 0 Å². The van der Waals surface area contributed by atoms with Gasteiger partial charge in [-0.1, -0.05) is 67.0 Å². The number of ether oxygens (including phenoxy) is 1. The third kappa shape index (κ3) is 6.97. The van der Waals surface area contributed by atoms with Crippen LogP contribution in [-0.2, 0) is 14.3 Å². The summed E-state index contributed by atoms with van der Waals surface area (Å²) in [5, 5.41) is 12.6. The number of nitriles is 1. The van der Waals surface area contributed by atoms with Gasteiger partial charge in [0.2, 0.25) is 0 Å². The molecule has 1 unspecified atom stereocenters. The van der Waals surface area contributed by atoms with Crippen molar-refractivity contribution in [3.8, 4) is 6.07 Å². The fourth-order valence-corrected chi connectivity index (χ4v) is 9.21. The van der Waals surface area contributed by atoms with Gasteiger partial charge in [0.15, 0.2) is 11.6 Å². The minimum atomic E-state index is -0.523. The molecule has 43 heavy (non-hydrogen) atoms. The molecule has 3 rings (SSSR count). The van der Waals surface area contributed by atoms with Crippen molar-refractivity contribution < 1.29 is 19.1 Å². The molecule has 2 saturated carbocycles. The second-order valence-corrected chi connectivity index (χ2v) is 16.0. The predicted octanol–water partition coefficient (Wildman–Crippen LogP) is 8.76. The molecular formula is C37H58N2O4. The first kappa shape index (κ1) is 35.1. The summed E-state index contributed by atoms with van der Waals surface area (Å²) >= 11 is 0. The molecule has 6 atom stereocenters. The number of hydrogen-bond acceptors (Lipinski definition) is 5. The number of carbonyl (C=O) groups excluding carboxylic acids is 3. The van der Waals surface area contributed by atoms with Crippen LogP contribution in [0.5, 0.6) is 0 Å². The van der Waals surface area contributed by atoms with Crippen LogP contribution in [0.2, 0.25) is 0 Å². The lowest BCUT2D eigenvalue weighted by Crippen LogP contribution is -2.53. The van der Waals surface area contributed by atoms with E-state index >= 15 is 0 Å². The van der Waals surface area contributed by atoms with Gasteiger partial charge < -0.3 is 10.1 Å². The summed E-state index contributed by atoms with van der Waals surface area (Å²) in [5.74, 6) is 0.327. The van der Waals surface area contributed by atoms with Crippen LogP contribution >= 0.6 is 0 Å². The quantitative estimate of drug-likeness (QED) is 0.201. The molecule has 240 valence electrons. The van der Waals surface area contributed by atoms with E-state index in [0.29, 0.717) is 24.5 Å². The number of Topliss-reactive ketones (excluding diaryl/α,β-unsaturated/α-hetero) is 1. The molecule has 0 bridgehead atoms. The molecule has 0 spiro atoms. The first-order chi connectivity index (χ1) is 19.9.